The molecule has 0 aromatic heterocycles. The Bertz CT molecular complexity index is 577. The lowest BCUT2D eigenvalue weighted by molar-refractivity contribution is -0.127. The molecule has 0 spiro atoms. The maximum atomic E-state index is 11.9. The van der Waals surface area contributed by atoms with Crippen LogP contribution in [0.5, 0.6) is 0 Å². The number of amides is 1. The molecule has 2 rings (SSSR count). The van der Waals surface area contributed by atoms with Crippen LogP contribution in [0.25, 0.3) is 0 Å². The van der Waals surface area contributed by atoms with Crippen LogP contribution in [0, 0.1) is 12.8 Å². The summed E-state index contributed by atoms with van der Waals surface area (Å²) in [6.07, 6.45) is 6.59. The monoisotopic (exact) mass is 344 g/mol. The minimum atomic E-state index is 0.0445. The summed E-state index contributed by atoms with van der Waals surface area (Å²) in [7, 11) is 3.53. The highest BCUT2D eigenvalue weighted by Crippen LogP contribution is 2.22. The van der Waals surface area contributed by atoms with E-state index in [0.717, 1.165) is 12.5 Å². The Morgan fingerprint density at radius 2 is 1.88 bits per heavy atom. The van der Waals surface area contributed by atoms with Gasteiger partial charge in [0.05, 0.1) is 13.1 Å². The SMILES string of the molecule is Cc1ccccc1CN=C(NCC(=O)N(C)C)NCC1CCCCC1. The zero-order valence-corrected chi connectivity index (χ0v) is 15.8. The molecular formula is C20H32N4O. The van der Waals surface area contributed by atoms with Crippen molar-refractivity contribution in [2.75, 3.05) is 27.2 Å². The molecule has 25 heavy (non-hydrogen) atoms. The van der Waals surface area contributed by atoms with Crippen LogP contribution < -0.4 is 10.6 Å². The van der Waals surface area contributed by atoms with Crippen molar-refractivity contribution in [2.24, 2.45) is 10.9 Å². The van der Waals surface area contributed by atoms with Crippen molar-refractivity contribution in [3.05, 3.63) is 35.4 Å². The van der Waals surface area contributed by atoms with Crippen LogP contribution in [0.4, 0.5) is 0 Å². The highest BCUT2D eigenvalue weighted by atomic mass is 16.2. The van der Waals surface area contributed by atoms with Gasteiger partial charge in [-0.05, 0) is 36.8 Å². The van der Waals surface area contributed by atoms with E-state index < -0.39 is 0 Å². The van der Waals surface area contributed by atoms with E-state index in [2.05, 4.69) is 29.7 Å². The first kappa shape index (κ1) is 19.3. The lowest BCUT2D eigenvalue weighted by Crippen LogP contribution is -2.44. The average molecular weight is 345 g/mol. The topological polar surface area (TPSA) is 56.7 Å². The van der Waals surface area contributed by atoms with Gasteiger partial charge in [-0.3, -0.25) is 4.79 Å². The molecule has 1 amide bonds. The van der Waals surface area contributed by atoms with Crippen LogP contribution in [-0.4, -0.2) is 44.0 Å². The van der Waals surface area contributed by atoms with Crippen LogP contribution in [-0.2, 0) is 11.3 Å². The molecule has 1 saturated carbocycles. The molecule has 1 aliphatic rings. The lowest BCUT2D eigenvalue weighted by atomic mass is 9.89. The van der Waals surface area contributed by atoms with Crippen LogP contribution in [0.1, 0.15) is 43.2 Å². The molecule has 138 valence electrons. The van der Waals surface area contributed by atoms with Crippen molar-refractivity contribution in [3.63, 3.8) is 0 Å². The predicted molar refractivity (Wildman–Crippen MR) is 104 cm³/mol. The summed E-state index contributed by atoms with van der Waals surface area (Å²) in [6, 6.07) is 8.28. The van der Waals surface area contributed by atoms with Gasteiger partial charge in [0.1, 0.15) is 0 Å². The summed E-state index contributed by atoms with van der Waals surface area (Å²) in [5.74, 6) is 1.48. The number of rotatable bonds is 6. The van der Waals surface area contributed by atoms with Crippen LogP contribution in [0.3, 0.4) is 0 Å². The van der Waals surface area contributed by atoms with Gasteiger partial charge in [-0.25, -0.2) is 4.99 Å². The first-order valence-corrected chi connectivity index (χ1v) is 9.33. The minimum absolute atomic E-state index is 0.0445. The number of guanidine groups is 1. The molecule has 5 heteroatoms. The highest BCUT2D eigenvalue weighted by molar-refractivity contribution is 5.86. The first-order chi connectivity index (χ1) is 12.1. The van der Waals surface area contributed by atoms with E-state index in [1.165, 1.54) is 43.2 Å². The summed E-state index contributed by atoms with van der Waals surface area (Å²) >= 11 is 0. The van der Waals surface area contributed by atoms with E-state index in [1.807, 2.05) is 12.1 Å². The Hall–Kier alpha value is -2.04. The van der Waals surface area contributed by atoms with Crippen molar-refractivity contribution in [2.45, 2.75) is 45.6 Å². The molecule has 0 heterocycles. The summed E-state index contributed by atoms with van der Waals surface area (Å²) < 4.78 is 0. The van der Waals surface area contributed by atoms with E-state index in [4.69, 9.17) is 4.99 Å². The second-order valence-corrected chi connectivity index (χ2v) is 7.12. The number of nitrogens with zero attached hydrogens (tertiary/aromatic N) is 2. The lowest BCUT2D eigenvalue weighted by Gasteiger charge is -2.23. The molecule has 0 atom stereocenters. The van der Waals surface area contributed by atoms with Gasteiger partial charge in [0.25, 0.3) is 0 Å². The quantitative estimate of drug-likeness (QED) is 0.616. The molecule has 1 fully saturated rings. The fourth-order valence-corrected chi connectivity index (χ4v) is 3.08. The Morgan fingerprint density at radius 3 is 2.56 bits per heavy atom. The first-order valence-electron chi connectivity index (χ1n) is 9.33. The number of aliphatic imine (C=N–C) groups is 1. The van der Waals surface area contributed by atoms with Crippen LogP contribution in [0.15, 0.2) is 29.3 Å². The van der Waals surface area contributed by atoms with Gasteiger partial charge in [0.2, 0.25) is 5.91 Å². The molecule has 1 aromatic rings. The molecular weight excluding hydrogens is 312 g/mol. The number of hydrogen-bond acceptors (Lipinski definition) is 2. The molecule has 1 aromatic carbocycles. The fourth-order valence-electron chi connectivity index (χ4n) is 3.08. The van der Waals surface area contributed by atoms with Crippen molar-refractivity contribution in [3.8, 4) is 0 Å². The average Bonchev–Trinajstić information content (AvgIpc) is 2.62. The van der Waals surface area contributed by atoms with Crippen molar-refractivity contribution in [1.82, 2.24) is 15.5 Å². The van der Waals surface area contributed by atoms with Crippen molar-refractivity contribution < 1.29 is 4.79 Å². The Morgan fingerprint density at radius 1 is 1.16 bits per heavy atom. The number of nitrogens with one attached hydrogen (secondary N) is 2. The third kappa shape index (κ3) is 6.77. The zero-order chi connectivity index (χ0) is 18.1. The largest absolute Gasteiger partial charge is 0.356 e. The summed E-state index contributed by atoms with van der Waals surface area (Å²) in [5.41, 5.74) is 2.45. The predicted octanol–water partition coefficient (Wildman–Crippen LogP) is 2.70. The molecule has 0 aliphatic heterocycles. The third-order valence-electron chi connectivity index (χ3n) is 4.86. The van der Waals surface area contributed by atoms with Gasteiger partial charge in [0, 0.05) is 20.6 Å². The van der Waals surface area contributed by atoms with Gasteiger partial charge in [0.15, 0.2) is 5.96 Å². The van der Waals surface area contributed by atoms with E-state index in [-0.39, 0.29) is 12.5 Å². The molecule has 1 aliphatic carbocycles. The molecule has 0 saturated heterocycles. The second-order valence-electron chi connectivity index (χ2n) is 7.12. The van der Waals surface area contributed by atoms with Crippen molar-refractivity contribution >= 4 is 11.9 Å². The zero-order valence-electron chi connectivity index (χ0n) is 15.8. The molecule has 2 N–H and O–H groups in total. The summed E-state index contributed by atoms with van der Waals surface area (Å²) in [5, 5.41) is 6.62. The molecule has 5 nitrogen and oxygen atoms in total. The smallest absolute Gasteiger partial charge is 0.241 e. The number of likely N-dealkylation sites (N-methyl/N-ethyl adjacent to an activating group) is 1. The minimum Gasteiger partial charge on any atom is -0.356 e. The normalized spacial score (nSPS) is 15.7. The van der Waals surface area contributed by atoms with Crippen molar-refractivity contribution in [1.29, 1.82) is 0 Å². The van der Waals surface area contributed by atoms with E-state index >= 15 is 0 Å². The molecule has 0 unspecified atom stereocenters. The van der Waals surface area contributed by atoms with E-state index in [9.17, 15) is 4.79 Å². The Labute approximate surface area is 151 Å². The number of carbonyl (C=O) groups excluding carboxylic acids is 1. The molecule has 0 radical (unpaired) electrons. The number of aryl methyl sites for hydroxylation is 1. The standard InChI is InChI=1S/C20H32N4O/c1-16-9-7-8-12-18(16)14-22-20(23-15-19(25)24(2)3)21-13-17-10-5-4-6-11-17/h7-9,12,17H,4-6,10-11,13-15H2,1-3H3,(H2,21,22,23). The fraction of sp³-hybridized carbons (Fsp3) is 0.600. The van der Waals surface area contributed by atoms with Crippen LogP contribution in [0.2, 0.25) is 0 Å². The maximum absolute atomic E-state index is 11.9. The number of carbonyl (C=O) groups is 1. The van der Waals surface area contributed by atoms with Gasteiger partial charge in [-0.1, -0.05) is 43.5 Å². The maximum Gasteiger partial charge on any atom is 0.241 e. The second kappa shape index (κ2) is 10.1. The summed E-state index contributed by atoms with van der Waals surface area (Å²) in [6.45, 7) is 3.90. The van der Waals surface area contributed by atoms with Gasteiger partial charge >= 0.3 is 0 Å². The van der Waals surface area contributed by atoms with E-state index in [1.54, 1.807) is 19.0 Å². The van der Waals surface area contributed by atoms with E-state index in [0.29, 0.717) is 12.5 Å². The Kier molecular flexibility index (Phi) is 7.76. The third-order valence-corrected chi connectivity index (χ3v) is 4.86. The highest BCUT2D eigenvalue weighted by Gasteiger charge is 2.14. The number of benzene rings is 1. The Balaban J connectivity index is 1.95. The van der Waals surface area contributed by atoms with Crippen LogP contribution >= 0.6 is 0 Å². The van der Waals surface area contributed by atoms with Gasteiger partial charge in [-0.15, -0.1) is 0 Å². The molecule has 0 bridgehead atoms. The summed E-state index contributed by atoms with van der Waals surface area (Å²) in [4.78, 5) is 18.1. The van der Waals surface area contributed by atoms with Gasteiger partial charge in [-0.2, -0.15) is 0 Å². The number of hydrogen-bond donors (Lipinski definition) is 2. The van der Waals surface area contributed by atoms with Gasteiger partial charge < -0.3 is 15.5 Å².